The zero-order valence-corrected chi connectivity index (χ0v) is 15.8. The van der Waals surface area contributed by atoms with Gasteiger partial charge in [0.05, 0.1) is 17.3 Å². The summed E-state index contributed by atoms with van der Waals surface area (Å²) in [5.41, 5.74) is 2.00. The summed E-state index contributed by atoms with van der Waals surface area (Å²) in [6, 6.07) is 6.77. The van der Waals surface area contributed by atoms with Gasteiger partial charge in [0.1, 0.15) is 11.1 Å². The molecule has 0 aliphatic heterocycles. The Morgan fingerprint density at radius 2 is 1.90 bits per heavy atom. The van der Waals surface area contributed by atoms with Crippen LogP contribution < -0.4 is 10.7 Å². The monoisotopic (exact) mass is 420 g/mol. The predicted octanol–water partition coefficient (Wildman–Crippen LogP) is 3.61. The highest BCUT2D eigenvalue weighted by Gasteiger charge is 2.32. The molecular formula is C19H15F3N4O2S. The lowest BCUT2D eigenvalue weighted by Gasteiger charge is -2.09. The van der Waals surface area contributed by atoms with Crippen LogP contribution in [0.15, 0.2) is 29.4 Å². The molecule has 1 aromatic carbocycles. The van der Waals surface area contributed by atoms with Crippen LogP contribution in [0.4, 0.5) is 18.2 Å². The second-order valence-electron chi connectivity index (χ2n) is 6.27. The first-order chi connectivity index (χ1) is 13.8. The molecule has 29 heavy (non-hydrogen) atoms. The van der Waals surface area contributed by atoms with Crippen LogP contribution in [0, 0.1) is 11.3 Å². The van der Waals surface area contributed by atoms with Gasteiger partial charge >= 0.3 is 18.0 Å². The molecule has 1 aliphatic rings. The quantitative estimate of drug-likeness (QED) is 0.451. The van der Waals surface area contributed by atoms with Gasteiger partial charge in [-0.3, -0.25) is 9.59 Å². The fourth-order valence-electron chi connectivity index (χ4n) is 3.01. The number of thiophene rings is 1. The van der Waals surface area contributed by atoms with E-state index in [0.717, 1.165) is 48.4 Å². The second-order valence-corrected chi connectivity index (χ2v) is 7.37. The average Bonchev–Trinajstić information content (AvgIpc) is 3.04. The van der Waals surface area contributed by atoms with Gasteiger partial charge in [-0.15, -0.1) is 11.3 Å². The van der Waals surface area contributed by atoms with Gasteiger partial charge in [0.15, 0.2) is 0 Å². The van der Waals surface area contributed by atoms with Crippen molar-refractivity contribution >= 4 is 34.4 Å². The number of fused-ring (bicyclic) bond motifs is 1. The molecule has 1 heterocycles. The molecule has 0 saturated heterocycles. The molecule has 1 aromatic heterocycles. The molecule has 150 valence electrons. The number of nitriles is 1. The van der Waals surface area contributed by atoms with E-state index >= 15 is 0 Å². The van der Waals surface area contributed by atoms with Crippen molar-refractivity contribution in [3.05, 3.63) is 51.4 Å². The van der Waals surface area contributed by atoms with E-state index in [1.165, 1.54) is 29.5 Å². The maximum Gasteiger partial charge on any atom is 0.417 e. The Labute approximate surface area is 168 Å². The maximum atomic E-state index is 12.9. The van der Waals surface area contributed by atoms with Gasteiger partial charge in [-0.05, 0) is 37.3 Å². The van der Waals surface area contributed by atoms with Crippen LogP contribution in [-0.2, 0) is 28.6 Å². The third kappa shape index (κ3) is 4.63. The molecule has 10 heteroatoms. The van der Waals surface area contributed by atoms with Gasteiger partial charge in [0.2, 0.25) is 0 Å². The Kier molecular flexibility index (Phi) is 5.98. The number of halogens is 3. The van der Waals surface area contributed by atoms with E-state index < -0.39 is 23.6 Å². The van der Waals surface area contributed by atoms with Crippen LogP contribution >= 0.6 is 11.3 Å². The average molecular weight is 420 g/mol. The van der Waals surface area contributed by atoms with Crippen molar-refractivity contribution in [3.63, 3.8) is 0 Å². The van der Waals surface area contributed by atoms with Crippen LogP contribution in [0.5, 0.6) is 0 Å². The van der Waals surface area contributed by atoms with Gasteiger partial charge in [-0.25, -0.2) is 5.43 Å². The summed E-state index contributed by atoms with van der Waals surface area (Å²) < 4.78 is 38.8. The van der Waals surface area contributed by atoms with Crippen molar-refractivity contribution in [1.29, 1.82) is 5.26 Å². The Balaban J connectivity index is 1.67. The molecule has 6 nitrogen and oxygen atoms in total. The summed E-state index contributed by atoms with van der Waals surface area (Å²) in [5, 5.41) is 15.5. The number of benzene rings is 1. The number of hydrogen-bond acceptors (Lipinski definition) is 5. The highest BCUT2D eigenvalue weighted by molar-refractivity contribution is 7.16. The highest BCUT2D eigenvalue weighted by atomic mass is 32.1. The largest absolute Gasteiger partial charge is 0.417 e. The first kappa shape index (κ1) is 20.5. The number of aryl methyl sites for hydroxylation is 1. The second kappa shape index (κ2) is 8.45. The molecule has 0 spiro atoms. The van der Waals surface area contributed by atoms with Crippen molar-refractivity contribution in [2.24, 2.45) is 5.10 Å². The third-order valence-electron chi connectivity index (χ3n) is 4.35. The third-order valence-corrected chi connectivity index (χ3v) is 5.56. The van der Waals surface area contributed by atoms with Crippen molar-refractivity contribution in [2.45, 2.75) is 31.9 Å². The molecule has 2 amide bonds. The maximum absolute atomic E-state index is 12.9. The van der Waals surface area contributed by atoms with E-state index in [2.05, 4.69) is 16.5 Å². The van der Waals surface area contributed by atoms with Crippen molar-refractivity contribution < 1.29 is 22.8 Å². The number of nitrogens with zero attached hydrogens (tertiary/aromatic N) is 2. The smallest absolute Gasteiger partial charge is 0.308 e. The van der Waals surface area contributed by atoms with E-state index in [1.54, 1.807) is 0 Å². The van der Waals surface area contributed by atoms with Crippen LogP contribution in [0.3, 0.4) is 0 Å². The zero-order chi connectivity index (χ0) is 21.0. The van der Waals surface area contributed by atoms with Crippen molar-refractivity contribution in [2.75, 3.05) is 5.32 Å². The Bertz CT molecular complexity index is 1020. The van der Waals surface area contributed by atoms with Crippen molar-refractivity contribution in [1.82, 2.24) is 5.43 Å². The van der Waals surface area contributed by atoms with Crippen LogP contribution in [-0.4, -0.2) is 18.0 Å². The summed E-state index contributed by atoms with van der Waals surface area (Å²) in [4.78, 5) is 25.0. The topological polar surface area (TPSA) is 94.4 Å². The Hall–Kier alpha value is -3.19. The van der Waals surface area contributed by atoms with E-state index in [4.69, 9.17) is 0 Å². The highest BCUT2D eigenvalue weighted by Crippen LogP contribution is 2.37. The van der Waals surface area contributed by atoms with E-state index in [1.807, 2.05) is 5.43 Å². The van der Waals surface area contributed by atoms with E-state index in [-0.39, 0.29) is 5.56 Å². The van der Waals surface area contributed by atoms with Gasteiger partial charge in [-0.1, -0.05) is 18.2 Å². The molecule has 0 radical (unpaired) electrons. The number of carbonyl (C=O) groups is 2. The normalized spacial score (nSPS) is 13.6. The van der Waals surface area contributed by atoms with Gasteiger partial charge in [0, 0.05) is 10.4 Å². The number of alkyl halides is 3. The van der Waals surface area contributed by atoms with Gasteiger partial charge in [-0.2, -0.15) is 23.5 Å². The molecule has 2 N–H and O–H groups in total. The fraction of sp³-hybridized carbons (Fsp3) is 0.263. The Morgan fingerprint density at radius 1 is 1.17 bits per heavy atom. The molecule has 3 rings (SSSR count). The van der Waals surface area contributed by atoms with Crippen LogP contribution in [0.25, 0.3) is 0 Å². The predicted molar refractivity (Wildman–Crippen MR) is 101 cm³/mol. The lowest BCUT2D eigenvalue weighted by Crippen LogP contribution is -2.32. The molecular weight excluding hydrogens is 405 g/mol. The fourth-order valence-corrected chi connectivity index (χ4v) is 4.25. The number of carbonyl (C=O) groups excluding carboxylic acids is 2. The first-order valence-electron chi connectivity index (χ1n) is 8.66. The summed E-state index contributed by atoms with van der Waals surface area (Å²) in [6.45, 7) is 0. The molecule has 0 fully saturated rings. The molecule has 0 bridgehead atoms. The lowest BCUT2D eigenvalue weighted by atomic mass is 9.96. The zero-order valence-electron chi connectivity index (χ0n) is 15.0. The minimum absolute atomic E-state index is 0.251. The van der Waals surface area contributed by atoms with Crippen molar-refractivity contribution in [3.8, 4) is 6.07 Å². The number of amides is 2. The van der Waals surface area contributed by atoms with Gasteiger partial charge < -0.3 is 5.32 Å². The summed E-state index contributed by atoms with van der Waals surface area (Å²) in [7, 11) is 0. The first-order valence-corrected chi connectivity index (χ1v) is 9.48. The minimum Gasteiger partial charge on any atom is -0.308 e. The van der Waals surface area contributed by atoms with E-state index in [9.17, 15) is 28.0 Å². The number of hydrazone groups is 1. The number of anilines is 1. The molecule has 0 saturated carbocycles. The van der Waals surface area contributed by atoms with E-state index in [0.29, 0.717) is 10.6 Å². The SMILES string of the molecule is N#Cc1c(NC(=O)C(=O)N/N=C\c2ccccc2C(F)(F)F)sc2c1CCCC2. The van der Waals surface area contributed by atoms with Crippen LogP contribution in [0.2, 0.25) is 0 Å². The number of hydrogen-bond donors (Lipinski definition) is 2. The Morgan fingerprint density at radius 3 is 2.62 bits per heavy atom. The summed E-state index contributed by atoms with van der Waals surface area (Å²) >= 11 is 1.26. The molecule has 2 aromatic rings. The standard InChI is InChI=1S/C19H15F3N4O2S/c20-19(21,22)14-7-3-1-5-11(14)10-24-26-17(28)16(27)25-18-13(9-23)12-6-2-4-8-15(12)29-18/h1,3,5,7,10H,2,4,6,8H2,(H,25,27)(H,26,28)/b24-10-. The molecule has 0 unspecified atom stereocenters. The minimum atomic E-state index is -4.57. The summed E-state index contributed by atoms with van der Waals surface area (Å²) in [6.07, 6.45) is -0.228. The van der Waals surface area contributed by atoms with Gasteiger partial charge in [0.25, 0.3) is 0 Å². The molecule has 1 aliphatic carbocycles. The van der Waals surface area contributed by atoms with Crippen LogP contribution in [0.1, 0.15) is 40.0 Å². The number of rotatable bonds is 3. The molecule has 0 atom stereocenters. The summed E-state index contributed by atoms with van der Waals surface area (Å²) in [5.74, 6) is -2.21. The number of nitrogens with one attached hydrogen (secondary N) is 2. The lowest BCUT2D eigenvalue weighted by molar-refractivity contribution is -0.137.